The highest BCUT2D eigenvalue weighted by molar-refractivity contribution is 6.01. The zero-order valence-electron chi connectivity index (χ0n) is 11.3. The van der Waals surface area contributed by atoms with Crippen LogP contribution in [0, 0.1) is 0 Å². The molecular weight excluding hydrogens is 240 g/mol. The van der Waals surface area contributed by atoms with Crippen molar-refractivity contribution in [1.82, 2.24) is 9.80 Å². The first-order valence-corrected chi connectivity index (χ1v) is 6.57. The number of fused-ring (bicyclic) bond motifs is 1. The molecule has 1 aliphatic rings. The van der Waals surface area contributed by atoms with Crippen molar-refractivity contribution >= 4 is 16.8 Å². The monoisotopic (exact) mass is 258 g/mol. The summed E-state index contributed by atoms with van der Waals surface area (Å²) in [4.78, 5) is 16.9. The third kappa shape index (κ3) is 2.29. The Kier molecular flexibility index (Phi) is 3.12. The van der Waals surface area contributed by atoms with E-state index < -0.39 is 0 Å². The number of ketones is 1. The van der Waals surface area contributed by atoms with Crippen LogP contribution in [0.3, 0.4) is 0 Å². The third-order valence-corrected chi connectivity index (χ3v) is 3.82. The van der Waals surface area contributed by atoms with Gasteiger partial charge in [0.25, 0.3) is 0 Å². The number of hydrogen-bond acceptors (Lipinski definition) is 4. The maximum absolute atomic E-state index is 12.6. The van der Waals surface area contributed by atoms with Crippen LogP contribution in [0.2, 0.25) is 0 Å². The Morgan fingerprint density at radius 3 is 2.84 bits per heavy atom. The van der Waals surface area contributed by atoms with Gasteiger partial charge in [-0.15, -0.1) is 0 Å². The third-order valence-electron chi connectivity index (χ3n) is 3.82. The second-order valence-electron chi connectivity index (χ2n) is 5.27. The van der Waals surface area contributed by atoms with Gasteiger partial charge >= 0.3 is 0 Å². The van der Waals surface area contributed by atoms with Gasteiger partial charge in [-0.25, -0.2) is 0 Å². The SMILES string of the molecule is CN1CCN(C)C(C(=O)c2cc3ccccc3o2)C1. The van der Waals surface area contributed by atoms with Crippen LogP contribution in [0.1, 0.15) is 10.6 Å². The van der Waals surface area contributed by atoms with E-state index in [1.165, 1.54) is 0 Å². The maximum atomic E-state index is 12.6. The largest absolute Gasteiger partial charge is 0.453 e. The molecular formula is C15H18N2O2. The number of nitrogens with zero attached hydrogens (tertiary/aromatic N) is 2. The highest BCUT2D eigenvalue weighted by atomic mass is 16.3. The van der Waals surface area contributed by atoms with E-state index in [1.807, 2.05) is 44.4 Å². The van der Waals surface area contributed by atoms with Crippen molar-refractivity contribution in [3.63, 3.8) is 0 Å². The van der Waals surface area contributed by atoms with Crippen LogP contribution in [0.4, 0.5) is 0 Å². The van der Waals surface area contributed by atoms with Crippen molar-refractivity contribution in [1.29, 1.82) is 0 Å². The highest BCUT2D eigenvalue weighted by Crippen LogP contribution is 2.21. The molecule has 0 bridgehead atoms. The molecule has 1 aliphatic heterocycles. The zero-order chi connectivity index (χ0) is 13.4. The lowest BCUT2D eigenvalue weighted by molar-refractivity contribution is 0.0661. The van der Waals surface area contributed by atoms with Gasteiger partial charge in [0.15, 0.2) is 5.76 Å². The molecule has 2 heterocycles. The van der Waals surface area contributed by atoms with Gasteiger partial charge in [-0.2, -0.15) is 0 Å². The minimum Gasteiger partial charge on any atom is -0.453 e. The molecule has 0 aliphatic carbocycles. The molecule has 0 spiro atoms. The summed E-state index contributed by atoms with van der Waals surface area (Å²) in [7, 11) is 4.05. The molecule has 1 aromatic carbocycles. The minimum atomic E-state index is -0.112. The first kappa shape index (κ1) is 12.4. The van der Waals surface area contributed by atoms with Crippen molar-refractivity contribution in [2.75, 3.05) is 33.7 Å². The molecule has 4 nitrogen and oxygen atoms in total. The standard InChI is InChI=1S/C15H18N2O2/c1-16-7-8-17(2)12(10-16)15(18)14-9-11-5-3-4-6-13(11)19-14/h3-6,9,12H,7-8,10H2,1-2H3. The Morgan fingerprint density at radius 2 is 2.05 bits per heavy atom. The minimum absolute atomic E-state index is 0.0743. The number of rotatable bonds is 2. The van der Waals surface area contributed by atoms with E-state index >= 15 is 0 Å². The van der Waals surface area contributed by atoms with Crippen LogP contribution in [-0.4, -0.2) is 55.4 Å². The van der Waals surface area contributed by atoms with Crippen molar-refractivity contribution in [2.45, 2.75) is 6.04 Å². The zero-order valence-corrected chi connectivity index (χ0v) is 11.3. The van der Waals surface area contributed by atoms with Crippen LogP contribution in [0.25, 0.3) is 11.0 Å². The van der Waals surface area contributed by atoms with E-state index in [2.05, 4.69) is 9.80 Å². The lowest BCUT2D eigenvalue weighted by atomic mass is 10.1. The fourth-order valence-electron chi connectivity index (χ4n) is 2.56. The molecule has 1 atom stereocenters. The van der Waals surface area contributed by atoms with Gasteiger partial charge in [-0.3, -0.25) is 9.69 Å². The maximum Gasteiger partial charge on any atom is 0.216 e. The Balaban J connectivity index is 1.90. The van der Waals surface area contributed by atoms with Crippen molar-refractivity contribution < 1.29 is 9.21 Å². The number of carbonyl (C=O) groups excluding carboxylic acids is 1. The van der Waals surface area contributed by atoms with Crippen LogP contribution >= 0.6 is 0 Å². The highest BCUT2D eigenvalue weighted by Gasteiger charge is 2.31. The molecule has 2 aromatic rings. The molecule has 1 aromatic heterocycles. The van der Waals surface area contributed by atoms with E-state index in [-0.39, 0.29) is 11.8 Å². The predicted octanol–water partition coefficient (Wildman–Crippen LogP) is 1.86. The van der Waals surface area contributed by atoms with Gasteiger partial charge in [0.2, 0.25) is 5.78 Å². The molecule has 1 unspecified atom stereocenters. The summed E-state index contributed by atoms with van der Waals surface area (Å²) in [5.74, 6) is 0.540. The van der Waals surface area contributed by atoms with Crippen LogP contribution in [0.5, 0.6) is 0 Å². The van der Waals surface area contributed by atoms with Gasteiger partial charge in [-0.05, 0) is 26.2 Å². The van der Waals surface area contributed by atoms with Gasteiger partial charge < -0.3 is 9.32 Å². The topological polar surface area (TPSA) is 36.7 Å². The van der Waals surface area contributed by atoms with E-state index in [0.29, 0.717) is 5.76 Å². The molecule has 0 saturated carbocycles. The van der Waals surface area contributed by atoms with Gasteiger partial charge in [0, 0.05) is 25.0 Å². The van der Waals surface area contributed by atoms with E-state index in [4.69, 9.17) is 4.42 Å². The summed E-state index contributed by atoms with van der Waals surface area (Å²) in [6.07, 6.45) is 0. The predicted molar refractivity (Wildman–Crippen MR) is 74.5 cm³/mol. The van der Waals surface area contributed by atoms with Crippen molar-refractivity contribution in [3.8, 4) is 0 Å². The van der Waals surface area contributed by atoms with Crippen molar-refractivity contribution in [2.24, 2.45) is 0 Å². The Bertz CT molecular complexity index is 572. The Hall–Kier alpha value is -1.65. The van der Waals surface area contributed by atoms with Crippen LogP contribution < -0.4 is 0 Å². The molecule has 0 radical (unpaired) electrons. The van der Waals surface area contributed by atoms with E-state index in [9.17, 15) is 4.79 Å². The second-order valence-corrected chi connectivity index (χ2v) is 5.27. The molecule has 1 fully saturated rings. The number of piperazine rings is 1. The second kappa shape index (κ2) is 4.79. The Labute approximate surface area is 112 Å². The van der Waals surface area contributed by atoms with Crippen molar-refractivity contribution in [3.05, 3.63) is 36.1 Å². The molecule has 1 saturated heterocycles. The van der Waals surface area contributed by atoms with Crippen LogP contribution in [-0.2, 0) is 0 Å². The number of Topliss-reactive ketones (excluding diaryl/α,β-unsaturated/α-hetero) is 1. The summed E-state index contributed by atoms with van der Waals surface area (Å²) >= 11 is 0. The fraction of sp³-hybridized carbons (Fsp3) is 0.400. The smallest absolute Gasteiger partial charge is 0.216 e. The number of para-hydroxylation sites is 1. The molecule has 0 N–H and O–H groups in total. The number of furan rings is 1. The van der Waals surface area contributed by atoms with E-state index in [0.717, 1.165) is 30.6 Å². The molecule has 4 heteroatoms. The molecule has 19 heavy (non-hydrogen) atoms. The number of likely N-dealkylation sites (N-methyl/N-ethyl adjacent to an activating group) is 2. The molecule has 0 amide bonds. The molecule has 100 valence electrons. The van der Waals surface area contributed by atoms with Gasteiger partial charge in [-0.1, -0.05) is 18.2 Å². The first-order valence-electron chi connectivity index (χ1n) is 6.57. The summed E-state index contributed by atoms with van der Waals surface area (Å²) in [6, 6.07) is 9.46. The summed E-state index contributed by atoms with van der Waals surface area (Å²) in [5, 5.41) is 0.984. The summed E-state index contributed by atoms with van der Waals surface area (Å²) < 4.78 is 5.67. The Morgan fingerprint density at radius 1 is 1.26 bits per heavy atom. The lowest BCUT2D eigenvalue weighted by Gasteiger charge is -2.36. The first-order chi connectivity index (χ1) is 9.15. The fourth-order valence-corrected chi connectivity index (χ4v) is 2.56. The number of carbonyl (C=O) groups is 1. The summed E-state index contributed by atoms with van der Waals surface area (Å²) in [6.45, 7) is 2.67. The van der Waals surface area contributed by atoms with Crippen LogP contribution in [0.15, 0.2) is 34.7 Å². The summed E-state index contributed by atoms with van der Waals surface area (Å²) in [5.41, 5.74) is 0.776. The lowest BCUT2D eigenvalue weighted by Crippen LogP contribution is -2.53. The van der Waals surface area contributed by atoms with E-state index in [1.54, 1.807) is 0 Å². The number of benzene rings is 1. The van der Waals surface area contributed by atoms with Gasteiger partial charge in [0.05, 0.1) is 6.04 Å². The molecule has 3 rings (SSSR count). The quantitative estimate of drug-likeness (QED) is 0.770. The normalized spacial score (nSPS) is 21.9. The average molecular weight is 258 g/mol. The van der Waals surface area contributed by atoms with Gasteiger partial charge in [0.1, 0.15) is 5.58 Å². The average Bonchev–Trinajstić information content (AvgIpc) is 2.84. The number of hydrogen-bond donors (Lipinski definition) is 0.